The molecule has 0 aliphatic carbocycles. The van der Waals surface area contributed by atoms with Crippen molar-refractivity contribution in [2.75, 3.05) is 25.6 Å². The maximum Gasteiger partial charge on any atom is 0.197 e. The van der Waals surface area contributed by atoms with Crippen molar-refractivity contribution in [1.29, 1.82) is 0 Å². The maximum absolute atomic E-state index is 5.76. The third-order valence-electron chi connectivity index (χ3n) is 5.33. The summed E-state index contributed by atoms with van der Waals surface area (Å²) >= 11 is 0. The molecule has 154 valence electrons. The van der Waals surface area contributed by atoms with Crippen molar-refractivity contribution in [3.8, 4) is 11.4 Å². The summed E-state index contributed by atoms with van der Waals surface area (Å²) in [4.78, 5) is 18.3. The molecular formula is C22H19N7O2. The van der Waals surface area contributed by atoms with Gasteiger partial charge >= 0.3 is 0 Å². The first-order valence-electron chi connectivity index (χ1n) is 9.98. The molecule has 0 saturated heterocycles. The van der Waals surface area contributed by atoms with Gasteiger partial charge in [-0.15, -0.1) is 0 Å². The van der Waals surface area contributed by atoms with E-state index in [4.69, 9.17) is 14.5 Å². The summed E-state index contributed by atoms with van der Waals surface area (Å²) in [5.41, 5.74) is 4.87. The van der Waals surface area contributed by atoms with Crippen LogP contribution < -0.4 is 10.1 Å². The zero-order chi connectivity index (χ0) is 20.8. The van der Waals surface area contributed by atoms with Gasteiger partial charge in [0.2, 0.25) is 0 Å². The van der Waals surface area contributed by atoms with Crippen molar-refractivity contribution in [1.82, 2.24) is 29.3 Å². The zero-order valence-electron chi connectivity index (χ0n) is 16.8. The van der Waals surface area contributed by atoms with Crippen molar-refractivity contribution < 1.29 is 9.47 Å². The van der Waals surface area contributed by atoms with E-state index >= 15 is 0 Å². The van der Waals surface area contributed by atoms with Crippen molar-refractivity contribution in [2.24, 2.45) is 0 Å². The van der Waals surface area contributed by atoms with E-state index in [1.54, 1.807) is 19.5 Å². The molecule has 9 nitrogen and oxygen atoms in total. The van der Waals surface area contributed by atoms with E-state index < -0.39 is 0 Å². The second-order valence-corrected chi connectivity index (χ2v) is 7.27. The topological polar surface area (TPSA) is 91.9 Å². The fraction of sp³-hybridized carbons (Fsp3) is 0.182. The Labute approximate surface area is 177 Å². The lowest BCUT2D eigenvalue weighted by Gasteiger charge is -2.24. The number of ether oxygens (including phenoxy) is 2. The fourth-order valence-electron chi connectivity index (χ4n) is 3.90. The molecule has 9 heteroatoms. The van der Waals surface area contributed by atoms with Crippen LogP contribution in [0.2, 0.25) is 0 Å². The SMILES string of the molecule is COCCOc1cccnc1Nc1cnc2c(n1)n1n2-c2ccnc3ccc(cc23)C1. The first-order chi connectivity index (χ1) is 15.3. The van der Waals surface area contributed by atoms with Gasteiger partial charge in [-0.25, -0.2) is 19.6 Å². The Morgan fingerprint density at radius 2 is 2.00 bits per heavy atom. The Kier molecular flexibility index (Phi) is 4.07. The van der Waals surface area contributed by atoms with Crippen LogP contribution in [0.15, 0.2) is 55.0 Å². The summed E-state index contributed by atoms with van der Waals surface area (Å²) in [5.74, 6) is 1.82. The van der Waals surface area contributed by atoms with Gasteiger partial charge in [-0.2, -0.15) is 0 Å². The van der Waals surface area contributed by atoms with Gasteiger partial charge in [0, 0.05) is 24.9 Å². The minimum absolute atomic E-state index is 0.439. The summed E-state index contributed by atoms with van der Waals surface area (Å²) < 4.78 is 15.0. The van der Waals surface area contributed by atoms with Crippen LogP contribution in [0, 0.1) is 0 Å². The van der Waals surface area contributed by atoms with Gasteiger partial charge in [-0.1, -0.05) is 6.07 Å². The molecule has 0 spiro atoms. The molecule has 1 aliphatic heterocycles. The van der Waals surface area contributed by atoms with Gasteiger partial charge in [0.15, 0.2) is 28.7 Å². The Balaban J connectivity index is 1.37. The van der Waals surface area contributed by atoms with E-state index in [0.29, 0.717) is 37.1 Å². The van der Waals surface area contributed by atoms with E-state index in [1.165, 1.54) is 5.56 Å². The molecular weight excluding hydrogens is 394 g/mol. The number of pyridine rings is 2. The van der Waals surface area contributed by atoms with Crippen LogP contribution in [0.25, 0.3) is 27.9 Å². The van der Waals surface area contributed by atoms with Crippen molar-refractivity contribution in [2.45, 2.75) is 6.54 Å². The molecule has 0 fully saturated rings. The Morgan fingerprint density at radius 3 is 2.94 bits per heavy atom. The summed E-state index contributed by atoms with van der Waals surface area (Å²) in [6, 6.07) is 12.1. The third kappa shape index (κ3) is 2.89. The van der Waals surface area contributed by atoms with Crippen LogP contribution in [0.5, 0.6) is 5.75 Å². The minimum atomic E-state index is 0.439. The number of rotatable bonds is 6. The molecule has 31 heavy (non-hydrogen) atoms. The highest BCUT2D eigenvalue weighted by Crippen LogP contribution is 2.32. The lowest BCUT2D eigenvalue weighted by atomic mass is 10.1. The van der Waals surface area contributed by atoms with Gasteiger partial charge in [0.1, 0.15) is 6.61 Å². The van der Waals surface area contributed by atoms with Gasteiger partial charge in [0.05, 0.1) is 30.6 Å². The average molecular weight is 413 g/mol. The Morgan fingerprint density at radius 1 is 1.03 bits per heavy atom. The summed E-state index contributed by atoms with van der Waals surface area (Å²) in [7, 11) is 1.64. The molecule has 6 rings (SSSR count). The van der Waals surface area contributed by atoms with Gasteiger partial charge in [-0.3, -0.25) is 9.67 Å². The molecule has 5 aromatic rings. The van der Waals surface area contributed by atoms with Crippen LogP contribution in [0.3, 0.4) is 0 Å². The van der Waals surface area contributed by atoms with E-state index in [1.807, 2.05) is 24.4 Å². The van der Waals surface area contributed by atoms with Crippen LogP contribution in [0.4, 0.5) is 11.6 Å². The minimum Gasteiger partial charge on any atom is -0.487 e. The number of benzene rings is 1. The number of methoxy groups -OCH3 is 1. The number of fused-ring (bicyclic) bond motifs is 6. The van der Waals surface area contributed by atoms with E-state index in [9.17, 15) is 0 Å². The molecule has 5 heterocycles. The number of aromatic nitrogens is 6. The summed E-state index contributed by atoms with van der Waals surface area (Å²) in [6.07, 6.45) is 5.25. The number of nitrogens with zero attached hydrogens (tertiary/aromatic N) is 6. The molecule has 2 bridgehead atoms. The molecule has 1 aromatic carbocycles. The lowest BCUT2D eigenvalue weighted by Crippen LogP contribution is -2.24. The van der Waals surface area contributed by atoms with Crippen LogP contribution >= 0.6 is 0 Å². The maximum atomic E-state index is 5.76. The second-order valence-electron chi connectivity index (χ2n) is 7.27. The molecule has 1 N–H and O–H groups in total. The number of hydrogen-bond donors (Lipinski definition) is 1. The average Bonchev–Trinajstić information content (AvgIpc) is 2.92. The quantitative estimate of drug-likeness (QED) is 0.419. The van der Waals surface area contributed by atoms with E-state index in [2.05, 4.69) is 47.8 Å². The Hall–Kier alpha value is -3.98. The highest BCUT2D eigenvalue weighted by Gasteiger charge is 2.23. The van der Waals surface area contributed by atoms with Crippen molar-refractivity contribution in [3.05, 3.63) is 60.6 Å². The zero-order valence-corrected chi connectivity index (χ0v) is 16.8. The fourth-order valence-corrected chi connectivity index (χ4v) is 3.90. The van der Waals surface area contributed by atoms with Crippen molar-refractivity contribution in [3.63, 3.8) is 0 Å². The molecule has 0 atom stereocenters. The summed E-state index contributed by atoms with van der Waals surface area (Å²) in [5, 5.41) is 4.35. The normalized spacial score (nSPS) is 12.3. The highest BCUT2D eigenvalue weighted by atomic mass is 16.5. The number of hydrogen-bond acceptors (Lipinski definition) is 7. The number of anilines is 2. The predicted octanol–water partition coefficient (Wildman–Crippen LogP) is 3.30. The van der Waals surface area contributed by atoms with Gasteiger partial charge in [0.25, 0.3) is 0 Å². The Bertz CT molecular complexity index is 1420. The predicted molar refractivity (Wildman–Crippen MR) is 116 cm³/mol. The molecule has 1 aliphatic rings. The van der Waals surface area contributed by atoms with Crippen LogP contribution in [-0.4, -0.2) is 49.6 Å². The largest absolute Gasteiger partial charge is 0.487 e. The molecule has 0 radical (unpaired) electrons. The van der Waals surface area contributed by atoms with Gasteiger partial charge in [-0.05, 0) is 35.9 Å². The smallest absolute Gasteiger partial charge is 0.197 e. The lowest BCUT2D eigenvalue weighted by molar-refractivity contribution is 0.146. The number of nitrogens with one attached hydrogen (secondary N) is 1. The van der Waals surface area contributed by atoms with Crippen LogP contribution in [0.1, 0.15) is 5.56 Å². The van der Waals surface area contributed by atoms with Crippen LogP contribution in [-0.2, 0) is 11.3 Å². The third-order valence-corrected chi connectivity index (χ3v) is 5.33. The first kappa shape index (κ1) is 17.8. The van der Waals surface area contributed by atoms with E-state index in [-0.39, 0.29) is 0 Å². The molecule has 0 saturated carbocycles. The van der Waals surface area contributed by atoms with Gasteiger partial charge < -0.3 is 14.8 Å². The molecule has 0 amide bonds. The summed E-state index contributed by atoms with van der Waals surface area (Å²) in [6.45, 7) is 1.65. The molecule has 0 unspecified atom stereocenters. The van der Waals surface area contributed by atoms with Crippen molar-refractivity contribution >= 4 is 33.8 Å². The molecule has 4 aromatic heterocycles. The first-order valence-corrected chi connectivity index (χ1v) is 9.98. The second kappa shape index (κ2) is 7.06. The van der Waals surface area contributed by atoms with E-state index in [0.717, 1.165) is 27.9 Å². The highest BCUT2D eigenvalue weighted by molar-refractivity contribution is 5.90. The monoisotopic (exact) mass is 413 g/mol. The standard InChI is InChI=1S/C22H19N7O2/c1-30-9-10-31-18-3-2-7-24-20(18)26-19-12-25-21-22(27-19)28-13-14-4-5-16-15(11-14)17(29(21)28)6-8-23-16/h2-8,11-12H,9-10,13H2,1H3,(H,24,26,27).